The average Bonchev–Trinajstić information content (AvgIpc) is 2.66. The van der Waals surface area contributed by atoms with E-state index in [1.165, 1.54) is 5.01 Å². The Balaban J connectivity index is 2.37. The molecule has 122 valence electrons. The van der Waals surface area contributed by atoms with Gasteiger partial charge in [0.15, 0.2) is 5.84 Å². The number of fused-ring (bicyclic) bond motifs is 1. The average molecular weight is 316 g/mol. The zero-order valence-electron chi connectivity index (χ0n) is 13.2. The van der Waals surface area contributed by atoms with Crippen molar-refractivity contribution in [1.82, 2.24) is 5.01 Å². The van der Waals surface area contributed by atoms with Crippen LogP contribution in [0.25, 0.3) is 0 Å². The molecule has 0 fully saturated rings. The van der Waals surface area contributed by atoms with Gasteiger partial charge in [-0.2, -0.15) is 10.4 Å². The van der Waals surface area contributed by atoms with Gasteiger partial charge >= 0.3 is 0 Å². The normalized spacial score (nSPS) is 17.8. The Kier molecular flexibility index (Phi) is 5.03. The van der Waals surface area contributed by atoms with Gasteiger partial charge in [0.2, 0.25) is 5.91 Å². The van der Waals surface area contributed by atoms with Crippen molar-refractivity contribution in [1.29, 1.82) is 5.26 Å². The molecule has 1 heterocycles. The second-order valence-corrected chi connectivity index (χ2v) is 5.35. The van der Waals surface area contributed by atoms with Gasteiger partial charge in [0.25, 0.3) is 0 Å². The predicted octanol–water partition coefficient (Wildman–Crippen LogP) is 0.388. The first-order valence-corrected chi connectivity index (χ1v) is 7.21. The Labute approximate surface area is 134 Å². The summed E-state index contributed by atoms with van der Waals surface area (Å²) in [4.78, 5) is 13.8. The fraction of sp³-hybridized carbons (Fsp3) is 0.400. The Morgan fingerprint density at radius 2 is 2.35 bits per heavy atom. The molecule has 0 unspecified atom stereocenters. The van der Waals surface area contributed by atoms with Crippen LogP contribution in [0, 0.1) is 17.2 Å². The Hall–Kier alpha value is -2.79. The van der Waals surface area contributed by atoms with Crippen LogP contribution < -0.4 is 21.3 Å². The molecule has 23 heavy (non-hydrogen) atoms. The minimum Gasteiger partial charge on any atom is -0.491 e. The lowest BCUT2D eigenvalue weighted by Crippen LogP contribution is -2.39. The summed E-state index contributed by atoms with van der Waals surface area (Å²) >= 11 is 0. The van der Waals surface area contributed by atoms with E-state index in [2.05, 4.69) is 5.10 Å². The van der Waals surface area contributed by atoms with Gasteiger partial charge < -0.3 is 15.5 Å². The summed E-state index contributed by atoms with van der Waals surface area (Å²) in [6, 6.07) is 7.30. The summed E-state index contributed by atoms with van der Waals surface area (Å²) in [7, 11) is 1.70. The number of hydrazine groups is 1. The molecule has 4 N–H and O–H groups in total. The maximum absolute atomic E-state index is 12.3. The molecule has 0 aliphatic carbocycles. The zero-order chi connectivity index (χ0) is 17.0. The van der Waals surface area contributed by atoms with Crippen LogP contribution in [0.2, 0.25) is 0 Å². The molecule has 0 aromatic heterocycles. The largest absolute Gasteiger partial charge is 0.491 e. The van der Waals surface area contributed by atoms with Crippen LogP contribution in [-0.4, -0.2) is 37.0 Å². The SMILES string of the molecule is C[C@H]1COc2ccc(/C(=N/N)N(N)CCC#N)cc2N(C)C1=O. The van der Waals surface area contributed by atoms with Crippen molar-refractivity contribution in [3.05, 3.63) is 23.8 Å². The highest BCUT2D eigenvalue weighted by Gasteiger charge is 2.26. The topological polar surface area (TPSA) is 121 Å². The van der Waals surface area contributed by atoms with E-state index in [4.69, 9.17) is 21.7 Å². The van der Waals surface area contributed by atoms with E-state index in [-0.39, 0.29) is 18.2 Å². The summed E-state index contributed by atoms with van der Waals surface area (Å²) < 4.78 is 5.67. The van der Waals surface area contributed by atoms with Crippen LogP contribution >= 0.6 is 0 Å². The second-order valence-electron chi connectivity index (χ2n) is 5.35. The molecule has 0 bridgehead atoms. The van der Waals surface area contributed by atoms with Gasteiger partial charge in [0, 0.05) is 19.2 Å². The highest BCUT2D eigenvalue weighted by Crippen LogP contribution is 2.33. The highest BCUT2D eigenvalue weighted by atomic mass is 16.5. The standard InChI is InChI=1S/C15H20N6O2/c1-10-9-23-13-5-4-11(8-12(13)20(2)15(10)22)14(19-17)21(18)7-3-6-16/h4-5,8,10H,3,7,9,17-18H2,1-2H3/b19-14-/t10-/m0/s1. The smallest absolute Gasteiger partial charge is 0.233 e. The molecule has 0 spiro atoms. The van der Waals surface area contributed by atoms with E-state index in [0.29, 0.717) is 36.0 Å². The quantitative estimate of drug-likeness (QED) is 0.360. The molecule has 0 radical (unpaired) electrons. The van der Waals surface area contributed by atoms with Gasteiger partial charge in [-0.15, -0.1) is 0 Å². The number of rotatable bonds is 3. The monoisotopic (exact) mass is 316 g/mol. The number of hydrazone groups is 1. The first kappa shape index (κ1) is 16.6. The third-order valence-electron chi connectivity index (χ3n) is 3.68. The van der Waals surface area contributed by atoms with Crippen LogP contribution in [-0.2, 0) is 4.79 Å². The Morgan fingerprint density at radius 1 is 1.61 bits per heavy atom. The number of ether oxygens (including phenoxy) is 1. The number of carbonyl (C=O) groups excluding carboxylic acids is 1. The predicted molar refractivity (Wildman–Crippen MR) is 86.4 cm³/mol. The molecule has 8 heteroatoms. The summed E-state index contributed by atoms with van der Waals surface area (Å²) in [5.41, 5.74) is 1.27. The maximum Gasteiger partial charge on any atom is 0.233 e. The maximum atomic E-state index is 12.3. The van der Waals surface area contributed by atoms with Crippen LogP contribution in [0.1, 0.15) is 18.9 Å². The lowest BCUT2D eigenvalue weighted by molar-refractivity contribution is -0.122. The van der Waals surface area contributed by atoms with Crippen molar-refractivity contribution in [3.63, 3.8) is 0 Å². The van der Waals surface area contributed by atoms with E-state index < -0.39 is 0 Å². The number of hydrogen-bond donors (Lipinski definition) is 2. The molecule has 1 aromatic carbocycles. The first-order chi connectivity index (χ1) is 11.0. The summed E-state index contributed by atoms with van der Waals surface area (Å²) in [6.45, 7) is 2.45. The number of carbonyl (C=O) groups is 1. The van der Waals surface area contributed by atoms with Gasteiger partial charge in [-0.05, 0) is 18.2 Å². The molecule has 0 saturated heterocycles. The number of nitriles is 1. The molecular formula is C15H20N6O2. The van der Waals surface area contributed by atoms with E-state index in [1.54, 1.807) is 30.1 Å². The van der Waals surface area contributed by atoms with Gasteiger partial charge in [-0.1, -0.05) is 6.92 Å². The fourth-order valence-electron chi connectivity index (χ4n) is 2.37. The van der Waals surface area contributed by atoms with Gasteiger partial charge in [0.1, 0.15) is 5.75 Å². The van der Waals surface area contributed by atoms with Gasteiger partial charge in [0.05, 0.1) is 30.7 Å². The third-order valence-corrected chi connectivity index (χ3v) is 3.68. The Bertz CT molecular complexity index is 666. The molecule has 1 atom stereocenters. The first-order valence-electron chi connectivity index (χ1n) is 7.21. The van der Waals surface area contributed by atoms with E-state index >= 15 is 0 Å². The molecule has 2 rings (SSSR count). The molecule has 8 nitrogen and oxygen atoms in total. The summed E-state index contributed by atoms with van der Waals surface area (Å²) in [5, 5.41) is 13.7. The molecule has 1 aliphatic heterocycles. The minimum atomic E-state index is -0.222. The van der Waals surface area contributed by atoms with Crippen molar-refractivity contribution < 1.29 is 9.53 Å². The van der Waals surface area contributed by atoms with E-state index in [1.807, 2.05) is 13.0 Å². The van der Waals surface area contributed by atoms with Crippen LogP contribution in [0.5, 0.6) is 5.75 Å². The summed E-state index contributed by atoms with van der Waals surface area (Å²) in [5.74, 6) is 12.0. The number of hydrogen-bond acceptors (Lipinski definition) is 6. The number of amidine groups is 1. The number of nitrogens with two attached hydrogens (primary N) is 2. The molecule has 1 amide bonds. The van der Waals surface area contributed by atoms with Crippen molar-refractivity contribution >= 4 is 17.4 Å². The number of amides is 1. The zero-order valence-corrected chi connectivity index (χ0v) is 13.2. The fourth-order valence-corrected chi connectivity index (χ4v) is 2.37. The van der Waals surface area contributed by atoms with Crippen molar-refractivity contribution in [3.8, 4) is 11.8 Å². The van der Waals surface area contributed by atoms with Crippen LogP contribution in [0.3, 0.4) is 0 Å². The van der Waals surface area contributed by atoms with E-state index in [9.17, 15) is 4.79 Å². The highest BCUT2D eigenvalue weighted by molar-refractivity contribution is 6.02. The second kappa shape index (κ2) is 6.98. The molecule has 1 aromatic rings. The minimum absolute atomic E-state index is 0.0266. The lowest BCUT2D eigenvalue weighted by Gasteiger charge is -2.22. The van der Waals surface area contributed by atoms with Crippen LogP contribution in [0.4, 0.5) is 5.69 Å². The number of nitrogens with zero attached hydrogens (tertiary/aromatic N) is 4. The Morgan fingerprint density at radius 3 is 3.00 bits per heavy atom. The van der Waals surface area contributed by atoms with Crippen molar-refractivity contribution in [2.45, 2.75) is 13.3 Å². The van der Waals surface area contributed by atoms with Crippen molar-refractivity contribution in [2.24, 2.45) is 22.7 Å². The molecule has 0 saturated carbocycles. The van der Waals surface area contributed by atoms with Crippen LogP contribution in [0.15, 0.2) is 23.3 Å². The van der Waals surface area contributed by atoms with Gasteiger partial charge in [-0.25, -0.2) is 5.84 Å². The van der Waals surface area contributed by atoms with Crippen molar-refractivity contribution in [2.75, 3.05) is 25.1 Å². The molecule has 1 aliphatic rings. The summed E-state index contributed by atoms with van der Waals surface area (Å²) in [6.07, 6.45) is 0.249. The van der Waals surface area contributed by atoms with Gasteiger partial charge in [-0.3, -0.25) is 9.80 Å². The van der Waals surface area contributed by atoms with E-state index in [0.717, 1.165) is 0 Å². The number of benzene rings is 1. The number of anilines is 1. The lowest BCUT2D eigenvalue weighted by atomic mass is 10.1. The molecular weight excluding hydrogens is 296 g/mol. The third kappa shape index (κ3) is 3.35.